The molecule has 1 aliphatic rings. The van der Waals surface area contributed by atoms with Crippen molar-refractivity contribution in [1.82, 2.24) is 9.80 Å². The van der Waals surface area contributed by atoms with Crippen LogP contribution in [0.15, 0.2) is 0 Å². The number of hydrogen-bond donors (Lipinski definition) is 0. The molecule has 0 aliphatic carbocycles. The van der Waals surface area contributed by atoms with Crippen molar-refractivity contribution in [2.75, 3.05) is 39.3 Å². The lowest BCUT2D eigenvalue weighted by Gasteiger charge is -2.29. The topological polar surface area (TPSA) is 49.9 Å². The van der Waals surface area contributed by atoms with Crippen molar-refractivity contribution in [3.05, 3.63) is 0 Å². The maximum absolute atomic E-state index is 12.0. The van der Waals surface area contributed by atoms with Crippen molar-refractivity contribution >= 4 is 11.9 Å². The lowest BCUT2D eigenvalue weighted by atomic mass is 10.1. The lowest BCUT2D eigenvalue weighted by Crippen LogP contribution is -2.44. The fourth-order valence-corrected chi connectivity index (χ4v) is 2.10. The van der Waals surface area contributed by atoms with Gasteiger partial charge in [-0.1, -0.05) is 6.92 Å². The highest BCUT2D eigenvalue weighted by atomic mass is 16.5. The molecule has 0 N–H and O–H groups in total. The summed E-state index contributed by atoms with van der Waals surface area (Å²) in [6, 6.07) is 0. The largest absolute Gasteiger partial charge is 0.465 e. The van der Waals surface area contributed by atoms with Crippen molar-refractivity contribution in [1.29, 1.82) is 0 Å². The van der Waals surface area contributed by atoms with Crippen molar-refractivity contribution in [2.24, 2.45) is 0 Å². The average molecular weight is 256 g/mol. The summed E-state index contributed by atoms with van der Waals surface area (Å²) in [7, 11) is 0. The highest BCUT2D eigenvalue weighted by molar-refractivity contribution is 5.79. The van der Waals surface area contributed by atoms with E-state index in [0.717, 1.165) is 25.9 Å². The van der Waals surface area contributed by atoms with E-state index in [1.807, 2.05) is 16.7 Å². The predicted octanol–water partition coefficient (Wildman–Crippen LogP) is 0.884. The normalized spacial score (nSPS) is 15.8. The molecule has 1 aliphatic heterocycles. The van der Waals surface area contributed by atoms with Crippen LogP contribution in [0.3, 0.4) is 0 Å². The van der Waals surface area contributed by atoms with Gasteiger partial charge in [0.1, 0.15) is 0 Å². The first-order valence-corrected chi connectivity index (χ1v) is 6.83. The second kappa shape index (κ2) is 8.08. The number of rotatable bonds is 6. The molecule has 1 fully saturated rings. The van der Waals surface area contributed by atoms with Gasteiger partial charge in [-0.2, -0.15) is 0 Å². The minimum atomic E-state index is -0.259. The van der Waals surface area contributed by atoms with E-state index in [1.54, 1.807) is 6.92 Å². The van der Waals surface area contributed by atoms with Gasteiger partial charge in [0.25, 0.3) is 0 Å². The summed E-state index contributed by atoms with van der Waals surface area (Å²) >= 11 is 0. The number of nitrogens with zero attached hydrogens (tertiary/aromatic N) is 2. The highest BCUT2D eigenvalue weighted by Crippen LogP contribution is 2.09. The maximum Gasteiger partial charge on any atom is 0.320 e. The number of hydrogen-bond acceptors (Lipinski definition) is 4. The summed E-state index contributed by atoms with van der Waals surface area (Å²) in [5, 5.41) is 0. The van der Waals surface area contributed by atoms with Crippen LogP contribution in [0.1, 0.15) is 33.1 Å². The van der Waals surface area contributed by atoms with E-state index >= 15 is 0 Å². The molecule has 0 atom stereocenters. The predicted molar refractivity (Wildman–Crippen MR) is 69.2 cm³/mol. The molecule has 5 nitrogen and oxygen atoms in total. The Kier molecular flexibility index (Phi) is 6.72. The molecule has 18 heavy (non-hydrogen) atoms. The Balaban J connectivity index is 2.36. The molecular weight excluding hydrogens is 232 g/mol. The quantitative estimate of drug-likeness (QED) is 0.662. The number of amides is 1. The molecular formula is C13H24N2O3. The SMILES string of the molecule is CCOC(=O)CN(CC)CC(=O)N1CCCCC1. The third-order valence-electron chi connectivity index (χ3n) is 3.17. The summed E-state index contributed by atoms with van der Waals surface area (Å²) in [5.74, 6) is -0.133. The van der Waals surface area contributed by atoms with E-state index in [0.29, 0.717) is 19.7 Å². The zero-order valence-corrected chi connectivity index (χ0v) is 11.5. The molecule has 1 rings (SSSR count). The van der Waals surface area contributed by atoms with E-state index in [-0.39, 0.29) is 18.4 Å². The highest BCUT2D eigenvalue weighted by Gasteiger charge is 2.20. The molecule has 5 heteroatoms. The molecule has 1 heterocycles. The molecule has 104 valence electrons. The summed E-state index contributed by atoms with van der Waals surface area (Å²) in [6.07, 6.45) is 3.40. The van der Waals surface area contributed by atoms with E-state index in [1.165, 1.54) is 6.42 Å². The average Bonchev–Trinajstić information content (AvgIpc) is 2.39. The summed E-state index contributed by atoms with van der Waals surface area (Å²) in [6.45, 7) is 7.02. The van der Waals surface area contributed by atoms with Crippen molar-refractivity contribution in [3.8, 4) is 0 Å². The third kappa shape index (κ3) is 5.04. The summed E-state index contributed by atoms with van der Waals surface area (Å²) in [4.78, 5) is 27.1. The first-order valence-electron chi connectivity index (χ1n) is 6.83. The number of esters is 1. The molecule has 0 aromatic rings. The smallest absolute Gasteiger partial charge is 0.320 e. The number of likely N-dealkylation sites (N-methyl/N-ethyl adjacent to an activating group) is 1. The number of carbonyl (C=O) groups excluding carboxylic acids is 2. The van der Waals surface area contributed by atoms with E-state index in [4.69, 9.17) is 4.74 Å². The maximum atomic E-state index is 12.0. The van der Waals surface area contributed by atoms with Crippen molar-refractivity contribution in [3.63, 3.8) is 0 Å². The zero-order valence-electron chi connectivity index (χ0n) is 11.5. The Hall–Kier alpha value is -1.10. The minimum Gasteiger partial charge on any atom is -0.465 e. The number of piperidine rings is 1. The molecule has 0 radical (unpaired) electrons. The van der Waals surface area contributed by atoms with Crippen LogP contribution in [-0.4, -0.2) is 61.0 Å². The van der Waals surface area contributed by atoms with Crippen LogP contribution in [-0.2, 0) is 14.3 Å². The third-order valence-corrected chi connectivity index (χ3v) is 3.17. The monoisotopic (exact) mass is 256 g/mol. The number of carbonyl (C=O) groups is 2. The van der Waals surface area contributed by atoms with Gasteiger partial charge in [0.2, 0.25) is 5.91 Å². The van der Waals surface area contributed by atoms with Gasteiger partial charge in [-0.3, -0.25) is 14.5 Å². The molecule has 0 spiro atoms. The summed E-state index contributed by atoms with van der Waals surface area (Å²) in [5.41, 5.74) is 0. The molecule has 0 aromatic carbocycles. The second-order valence-electron chi connectivity index (χ2n) is 4.55. The number of ether oxygens (including phenoxy) is 1. The van der Waals surface area contributed by atoms with Crippen molar-refractivity contribution < 1.29 is 14.3 Å². The van der Waals surface area contributed by atoms with Gasteiger partial charge in [0.15, 0.2) is 0 Å². The van der Waals surface area contributed by atoms with Gasteiger partial charge < -0.3 is 9.64 Å². The van der Waals surface area contributed by atoms with E-state index in [2.05, 4.69) is 0 Å². The molecule has 1 amide bonds. The second-order valence-corrected chi connectivity index (χ2v) is 4.55. The molecule has 0 unspecified atom stereocenters. The molecule has 0 bridgehead atoms. The van der Waals surface area contributed by atoms with Crippen LogP contribution in [0.5, 0.6) is 0 Å². The van der Waals surface area contributed by atoms with Gasteiger partial charge >= 0.3 is 5.97 Å². The Morgan fingerprint density at radius 2 is 1.78 bits per heavy atom. The Morgan fingerprint density at radius 1 is 1.11 bits per heavy atom. The molecule has 0 saturated carbocycles. The minimum absolute atomic E-state index is 0.126. The molecule has 1 saturated heterocycles. The van der Waals surface area contributed by atoms with Crippen LogP contribution in [0.2, 0.25) is 0 Å². The van der Waals surface area contributed by atoms with Gasteiger partial charge in [0.05, 0.1) is 19.7 Å². The lowest BCUT2D eigenvalue weighted by molar-refractivity contribution is -0.145. The fourth-order valence-electron chi connectivity index (χ4n) is 2.10. The Morgan fingerprint density at radius 3 is 2.33 bits per heavy atom. The van der Waals surface area contributed by atoms with E-state index in [9.17, 15) is 9.59 Å². The van der Waals surface area contributed by atoms with Gasteiger partial charge in [0, 0.05) is 13.1 Å². The van der Waals surface area contributed by atoms with Gasteiger partial charge in [-0.15, -0.1) is 0 Å². The first kappa shape index (κ1) is 15.0. The van der Waals surface area contributed by atoms with E-state index < -0.39 is 0 Å². The van der Waals surface area contributed by atoms with Crippen LogP contribution in [0.25, 0.3) is 0 Å². The molecule has 0 aromatic heterocycles. The van der Waals surface area contributed by atoms with Crippen LogP contribution >= 0.6 is 0 Å². The fraction of sp³-hybridized carbons (Fsp3) is 0.846. The van der Waals surface area contributed by atoms with Crippen molar-refractivity contribution in [2.45, 2.75) is 33.1 Å². The van der Waals surface area contributed by atoms with Gasteiger partial charge in [-0.25, -0.2) is 0 Å². The first-order chi connectivity index (χ1) is 8.67. The summed E-state index contributed by atoms with van der Waals surface area (Å²) < 4.78 is 4.90. The Labute approximate surface area is 109 Å². The Bertz CT molecular complexity index is 275. The van der Waals surface area contributed by atoms with Crippen LogP contribution < -0.4 is 0 Å². The van der Waals surface area contributed by atoms with Crippen LogP contribution in [0.4, 0.5) is 0 Å². The van der Waals surface area contributed by atoms with Gasteiger partial charge in [-0.05, 0) is 32.7 Å². The number of likely N-dealkylation sites (tertiary alicyclic amines) is 1. The zero-order chi connectivity index (χ0) is 13.4. The standard InChI is InChI=1S/C13H24N2O3/c1-3-14(11-13(17)18-4-2)10-12(16)15-8-6-5-7-9-15/h3-11H2,1-2H3. The van der Waals surface area contributed by atoms with Crippen LogP contribution in [0, 0.1) is 0 Å².